The third-order valence-electron chi connectivity index (χ3n) is 7.92. The number of piperidine rings is 1. The molecule has 0 aromatic heterocycles. The lowest BCUT2D eigenvalue weighted by atomic mass is 9.50. The summed E-state index contributed by atoms with van der Waals surface area (Å²) < 4.78 is 5.75. The first-order valence-corrected chi connectivity index (χ1v) is 11.1. The van der Waals surface area contributed by atoms with Gasteiger partial charge in [0.2, 0.25) is 0 Å². The van der Waals surface area contributed by atoms with Crippen LogP contribution in [-0.2, 0) is 4.74 Å². The summed E-state index contributed by atoms with van der Waals surface area (Å²) in [5.74, 6) is 4.82. The molecule has 0 radical (unpaired) electrons. The quantitative estimate of drug-likeness (QED) is 0.576. The highest BCUT2D eigenvalue weighted by atomic mass is 16.6. The molecule has 4 aliphatic carbocycles. The van der Waals surface area contributed by atoms with Crippen LogP contribution < -0.4 is 0 Å². The topological polar surface area (TPSA) is 29.5 Å². The van der Waals surface area contributed by atoms with E-state index in [-0.39, 0.29) is 12.1 Å². The molecule has 2 heterocycles. The van der Waals surface area contributed by atoms with Crippen molar-refractivity contribution in [3.8, 4) is 0 Å². The van der Waals surface area contributed by atoms with Gasteiger partial charge >= 0.3 is 6.09 Å². The van der Waals surface area contributed by atoms with Crippen molar-refractivity contribution in [2.45, 2.75) is 96.2 Å². The largest absolute Gasteiger partial charge is 0.444 e. The molecule has 26 heavy (non-hydrogen) atoms. The van der Waals surface area contributed by atoms with Gasteiger partial charge in [0.1, 0.15) is 5.60 Å². The molecule has 0 aromatic carbocycles. The standard InChI is InChI=1S/C23H35NO2/c1-23(2,3)26-22(25)24-19-5-4-6-20(24)13-18(12-19)21-16-8-14-7-15(10-16)11-17(21)9-14/h12,14-17,19-21H,4-11,13H2,1-3H3. The number of hydrogen-bond acceptors (Lipinski definition) is 2. The second-order valence-corrected chi connectivity index (χ2v) is 10.9. The van der Waals surface area contributed by atoms with Crippen molar-refractivity contribution in [3.63, 3.8) is 0 Å². The van der Waals surface area contributed by atoms with E-state index in [0.29, 0.717) is 6.04 Å². The van der Waals surface area contributed by atoms with Crippen molar-refractivity contribution in [1.82, 2.24) is 4.90 Å². The Morgan fingerprint density at radius 3 is 2.27 bits per heavy atom. The van der Waals surface area contributed by atoms with Crippen molar-refractivity contribution in [2.24, 2.45) is 29.6 Å². The molecule has 0 N–H and O–H groups in total. The van der Waals surface area contributed by atoms with Crippen LogP contribution in [0.4, 0.5) is 4.79 Å². The van der Waals surface area contributed by atoms with Crippen LogP contribution in [0.2, 0.25) is 0 Å². The van der Waals surface area contributed by atoms with Crippen LogP contribution in [-0.4, -0.2) is 28.7 Å². The minimum absolute atomic E-state index is 0.0902. The highest BCUT2D eigenvalue weighted by Gasteiger charge is 2.51. The summed E-state index contributed by atoms with van der Waals surface area (Å²) in [6.07, 6.45) is 14.5. The fourth-order valence-electron chi connectivity index (χ4n) is 7.44. The van der Waals surface area contributed by atoms with Crippen molar-refractivity contribution >= 4 is 6.09 Å². The minimum Gasteiger partial charge on any atom is -0.444 e. The Labute approximate surface area is 158 Å². The zero-order valence-corrected chi connectivity index (χ0v) is 16.7. The van der Waals surface area contributed by atoms with Gasteiger partial charge in [0.25, 0.3) is 0 Å². The predicted molar refractivity (Wildman–Crippen MR) is 103 cm³/mol. The van der Waals surface area contributed by atoms with Gasteiger partial charge in [-0.05, 0) is 108 Å². The molecule has 2 atom stereocenters. The lowest BCUT2D eigenvalue weighted by Crippen LogP contribution is -2.55. The maximum Gasteiger partial charge on any atom is 0.411 e. The Morgan fingerprint density at radius 2 is 1.69 bits per heavy atom. The van der Waals surface area contributed by atoms with E-state index in [9.17, 15) is 4.79 Å². The molecule has 6 aliphatic rings. The monoisotopic (exact) mass is 357 g/mol. The fourth-order valence-corrected chi connectivity index (χ4v) is 7.44. The number of nitrogens with zero attached hydrogens (tertiary/aromatic N) is 1. The Bertz CT molecular complexity index is 588. The van der Waals surface area contributed by atoms with Gasteiger partial charge in [0.05, 0.1) is 6.04 Å². The maximum absolute atomic E-state index is 12.8. The first kappa shape index (κ1) is 17.1. The highest BCUT2D eigenvalue weighted by Crippen LogP contribution is 2.59. The highest BCUT2D eigenvalue weighted by molar-refractivity contribution is 5.70. The zero-order chi connectivity index (χ0) is 18.1. The molecular weight excluding hydrogens is 322 g/mol. The van der Waals surface area contributed by atoms with Crippen LogP contribution in [0.5, 0.6) is 0 Å². The number of amides is 1. The SMILES string of the molecule is CC(C)(C)OC(=O)N1C2C=C(C3C4CC5CC(C4)CC3C5)CC1CCC2. The minimum atomic E-state index is -0.406. The van der Waals surface area contributed by atoms with Crippen molar-refractivity contribution < 1.29 is 9.53 Å². The summed E-state index contributed by atoms with van der Waals surface area (Å²) >= 11 is 0. The Kier molecular flexibility index (Phi) is 3.96. The van der Waals surface area contributed by atoms with Crippen molar-refractivity contribution in [3.05, 3.63) is 11.6 Å². The van der Waals surface area contributed by atoms with E-state index < -0.39 is 5.60 Å². The van der Waals surface area contributed by atoms with Gasteiger partial charge in [-0.3, -0.25) is 4.90 Å². The lowest BCUT2D eigenvalue weighted by Gasteiger charge is -2.57. The molecular formula is C23H35NO2. The van der Waals surface area contributed by atoms with Crippen LogP contribution >= 0.6 is 0 Å². The zero-order valence-electron chi connectivity index (χ0n) is 16.7. The maximum atomic E-state index is 12.8. The Morgan fingerprint density at radius 1 is 1.04 bits per heavy atom. The number of carbonyl (C=O) groups is 1. The van der Waals surface area contributed by atoms with Gasteiger partial charge in [-0.15, -0.1) is 0 Å². The molecule has 2 aliphatic heterocycles. The van der Waals surface area contributed by atoms with Crippen LogP contribution in [0.25, 0.3) is 0 Å². The average molecular weight is 358 g/mol. The number of rotatable bonds is 1. The van der Waals surface area contributed by atoms with Crippen LogP contribution in [0.15, 0.2) is 11.6 Å². The molecule has 1 amide bonds. The smallest absolute Gasteiger partial charge is 0.411 e. The van der Waals surface area contributed by atoms with E-state index in [1.165, 1.54) is 38.5 Å². The molecule has 4 saturated carbocycles. The number of ether oxygens (including phenoxy) is 1. The molecule has 1 saturated heterocycles. The average Bonchev–Trinajstić information content (AvgIpc) is 2.51. The van der Waals surface area contributed by atoms with Gasteiger partial charge in [0, 0.05) is 6.04 Å². The van der Waals surface area contributed by atoms with Crippen LogP contribution in [0, 0.1) is 29.6 Å². The number of hydrogen-bond donors (Lipinski definition) is 0. The third-order valence-corrected chi connectivity index (χ3v) is 7.92. The van der Waals surface area contributed by atoms with Gasteiger partial charge in [-0.2, -0.15) is 0 Å². The van der Waals surface area contributed by atoms with Gasteiger partial charge in [-0.1, -0.05) is 11.6 Å². The van der Waals surface area contributed by atoms with Gasteiger partial charge < -0.3 is 4.74 Å². The van der Waals surface area contributed by atoms with Crippen molar-refractivity contribution in [2.75, 3.05) is 0 Å². The first-order chi connectivity index (χ1) is 12.4. The molecule has 5 fully saturated rings. The molecule has 6 rings (SSSR count). The van der Waals surface area contributed by atoms with E-state index in [4.69, 9.17) is 4.74 Å². The molecule has 3 heteroatoms. The normalized spacial score (nSPS) is 44.0. The van der Waals surface area contributed by atoms with E-state index in [1.54, 1.807) is 5.57 Å². The summed E-state index contributed by atoms with van der Waals surface area (Å²) in [5, 5.41) is 0. The van der Waals surface area contributed by atoms with Crippen molar-refractivity contribution in [1.29, 1.82) is 0 Å². The van der Waals surface area contributed by atoms with E-state index in [2.05, 4.69) is 11.0 Å². The lowest BCUT2D eigenvalue weighted by molar-refractivity contribution is -0.0298. The predicted octanol–water partition coefficient (Wildman–Crippen LogP) is 5.55. The number of carbonyl (C=O) groups excluding carboxylic acids is 1. The molecule has 144 valence electrons. The van der Waals surface area contributed by atoms with Crippen LogP contribution in [0.1, 0.15) is 78.6 Å². The number of fused-ring (bicyclic) bond motifs is 2. The third kappa shape index (κ3) is 2.90. The molecule has 6 bridgehead atoms. The van der Waals surface area contributed by atoms with E-state index in [0.717, 1.165) is 48.9 Å². The molecule has 0 aromatic rings. The molecule has 2 unspecified atom stereocenters. The first-order valence-electron chi connectivity index (χ1n) is 11.1. The second-order valence-electron chi connectivity index (χ2n) is 10.9. The van der Waals surface area contributed by atoms with Gasteiger partial charge in [-0.25, -0.2) is 4.79 Å². The summed E-state index contributed by atoms with van der Waals surface area (Å²) in [5.41, 5.74) is 1.32. The Balaban J connectivity index is 1.38. The Hall–Kier alpha value is -0.990. The summed E-state index contributed by atoms with van der Waals surface area (Å²) in [4.78, 5) is 14.9. The van der Waals surface area contributed by atoms with E-state index in [1.807, 2.05) is 20.8 Å². The van der Waals surface area contributed by atoms with Crippen LogP contribution in [0.3, 0.4) is 0 Å². The second kappa shape index (κ2) is 6.01. The van der Waals surface area contributed by atoms with Gasteiger partial charge in [0.15, 0.2) is 0 Å². The summed E-state index contributed by atoms with van der Waals surface area (Å²) in [7, 11) is 0. The summed E-state index contributed by atoms with van der Waals surface area (Å²) in [6, 6.07) is 0.658. The molecule has 0 spiro atoms. The fraction of sp³-hybridized carbons (Fsp3) is 0.870. The van der Waals surface area contributed by atoms with E-state index >= 15 is 0 Å². The molecule has 3 nitrogen and oxygen atoms in total. The summed E-state index contributed by atoms with van der Waals surface area (Å²) in [6.45, 7) is 5.92.